The Morgan fingerprint density at radius 1 is 1.28 bits per heavy atom. The minimum absolute atomic E-state index is 0.0281. The number of allylic oxidation sites excluding steroid dienone is 4. The zero-order chi connectivity index (χ0) is 21.4. The topological polar surface area (TPSA) is 91.7 Å². The van der Waals surface area contributed by atoms with E-state index in [9.17, 15) is 24.6 Å². The highest BCUT2D eigenvalue weighted by atomic mass is 16.4. The predicted octanol–water partition coefficient (Wildman–Crippen LogP) is 3.48. The van der Waals surface area contributed by atoms with Crippen molar-refractivity contribution in [3.8, 4) is 0 Å². The molecule has 0 bridgehead atoms. The van der Waals surface area contributed by atoms with Crippen molar-refractivity contribution in [2.45, 2.75) is 59.0 Å². The van der Waals surface area contributed by atoms with Gasteiger partial charge in [-0.05, 0) is 38.0 Å². The number of fused-ring (bicyclic) bond motifs is 5. The molecule has 2 fully saturated rings. The van der Waals surface area contributed by atoms with Gasteiger partial charge in [0.15, 0.2) is 5.78 Å². The molecule has 4 aliphatic rings. The quantitative estimate of drug-likeness (QED) is 0.561. The lowest BCUT2D eigenvalue weighted by molar-refractivity contribution is -0.150. The van der Waals surface area contributed by atoms with Gasteiger partial charge in [0.05, 0.1) is 17.9 Å². The van der Waals surface area contributed by atoms with Gasteiger partial charge >= 0.3 is 5.97 Å². The van der Waals surface area contributed by atoms with Crippen LogP contribution >= 0.6 is 0 Å². The van der Waals surface area contributed by atoms with Crippen molar-refractivity contribution in [2.24, 2.45) is 34.0 Å². The average Bonchev–Trinajstić information content (AvgIpc) is 2.94. The smallest absolute Gasteiger partial charge is 0.304 e. The van der Waals surface area contributed by atoms with Gasteiger partial charge in [-0.1, -0.05) is 44.2 Å². The van der Waals surface area contributed by atoms with Crippen LogP contribution in [0.15, 0.2) is 36.0 Å². The number of hydrogen-bond acceptors (Lipinski definition) is 4. The number of aliphatic hydroxyl groups excluding tert-OH is 1. The maximum atomic E-state index is 12.7. The Kier molecular flexibility index (Phi) is 4.36. The number of hydrogen-bond donors (Lipinski definition) is 2. The van der Waals surface area contributed by atoms with Gasteiger partial charge < -0.3 is 10.2 Å². The molecule has 0 aliphatic heterocycles. The van der Waals surface area contributed by atoms with E-state index in [1.807, 2.05) is 0 Å². The Labute approximate surface area is 171 Å². The fourth-order valence-electron chi connectivity index (χ4n) is 7.15. The van der Waals surface area contributed by atoms with Gasteiger partial charge in [-0.15, -0.1) is 0 Å². The fourth-order valence-corrected chi connectivity index (χ4v) is 7.15. The number of Topliss-reactive ketones (excluding diaryl/α,β-unsaturated/α-hetero) is 2. The molecule has 2 N–H and O–H groups in total. The van der Waals surface area contributed by atoms with Gasteiger partial charge in [0.2, 0.25) is 0 Å². The number of carbonyl (C=O) groups excluding carboxylic acids is 2. The molecule has 29 heavy (non-hydrogen) atoms. The van der Waals surface area contributed by atoms with E-state index in [0.29, 0.717) is 24.8 Å². The summed E-state index contributed by atoms with van der Waals surface area (Å²) in [7, 11) is 0. The summed E-state index contributed by atoms with van der Waals surface area (Å²) in [5.74, 6) is -0.930. The fraction of sp³-hybridized carbons (Fsp3) is 0.625. The van der Waals surface area contributed by atoms with Crippen LogP contribution in [-0.4, -0.2) is 33.9 Å². The maximum absolute atomic E-state index is 12.7. The van der Waals surface area contributed by atoms with Crippen LogP contribution in [0.5, 0.6) is 0 Å². The molecule has 5 heteroatoms. The van der Waals surface area contributed by atoms with E-state index in [-0.39, 0.29) is 35.7 Å². The van der Waals surface area contributed by atoms with Gasteiger partial charge in [-0.25, -0.2) is 0 Å². The second kappa shape index (κ2) is 6.24. The zero-order valence-corrected chi connectivity index (χ0v) is 17.4. The molecule has 0 radical (unpaired) electrons. The van der Waals surface area contributed by atoms with Gasteiger partial charge in [-0.2, -0.15) is 0 Å². The van der Waals surface area contributed by atoms with Crippen LogP contribution < -0.4 is 0 Å². The van der Waals surface area contributed by atoms with Crippen LogP contribution in [0, 0.1) is 34.0 Å². The molecule has 0 saturated heterocycles. The first-order chi connectivity index (χ1) is 13.5. The van der Waals surface area contributed by atoms with E-state index in [4.69, 9.17) is 0 Å². The summed E-state index contributed by atoms with van der Waals surface area (Å²) in [5.41, 5.74) is -0.458. The van der Waals surface area contributed by atoms with E-state index in [1.165, 1.54) is 6.92 Å². The Bertz CT molecular complexity index is 882. The highest BCUT2D eigenvalue weighted by Gasteiger charge is 2.64. The summed E-state index contributed by atoms with van der Waals surface area (Å²) < 4.78 is 0. The third-order valence-electron chi connectivity index (χ3n) is 9.07. The second-order valence-corrected chi connectivity index (χ2v) is 9.99. The molecule has 0 amide bonds. The number of carboxylic acid groups (broad SMARTS) is 1. The number of aliphatic carboxylic acids is 1. The van der Waals surface area contributed by atoms with Crippen molar-refractivity contribution in [1.82, 2.24) is 0 Å². The zero-order valence-electron chi connectivity index (χ0n) is 17.4. The number of carboxylic acids is 1. The molecule has 5 nitrogen and oxygen atoms in total. The number of rotatable bonds is 3. The minimum atomic E-state index is -0.943. The summed E-state index contributed by atoms with van der Waals surface area (Å²) in [6.45, 7) is 9.49. The summed E-state index contributed by atoms with van der Waals surface area (Å²) in [6, 6.07) is 0. The Hall–Kier alpha value is -2.01. The normalized spacial score (nSPS) is 45.9. The molecule has 7 atom stereocenters. The van der Waals surface area contributed by atoms with E-state index < -0.39 is 28.3 Å². The Morgan fingerprint density at radius 3 is 2.59 bits per heavy atom. The molecule has 4 aliphatic carbocycles. The lowest BCUT2D eigenvalue weighted by Gasteiger charge is -2.59. The SMILES string of the molecule is C=C1C(=O)CC2C=C[C@H]3C4=CC[C@@](CC(=O)O)(C(C)=O)[C@@]4(C)CC[C@@H]3[C@@]2(C)C1O. The van der Waals surface area contributed by atoms with Gasteiger partial charge in [0.1, 0.15) is 5.78 Å². The average molecular weight is 398 g/mol. The van der Waals surface area contributed by atoms with Crippen molar-refractivity contribution < 1.29 is 24.6 Å². The Balaban J connectivity index is 1.77. The molecule has 4 rings (SSSR count). The third kappa shape index (κ3) is 2.40. The molecule has 0 spiro atoms. The summed E-state index contributed by atoms with van der Waals surface area (Å²) in [6.07, 6.45) is 7.56. The van der Waals surface area contributed by atoms with E-state index in [0.717, 1.165) is 12.0 Å². The summed E-state index contributed by atoms with van der Waals surface area (Å²) >= 11 is 0. The monoisotopic (exact) mass is 398 g/mol. The lowest BCUT2D eigenvalue weighted by atomic mass is 9.45. The molecular weight excluding hydrogens is 368 g/mol. The van der Waals surface area contributed by atoms with E-state index >= 15 is 0 Å². The van der Waals surface area contributed by atoms with Gasteiger partial charge in [-0.3, -0.25) is 14.4 Å². The number of carbonyl (C=O) groups is 3. The van der Waals surface area contributed by atoms with Crippen LogP contribution in [0.1, 0.15) is 52.9 Å². The highest BCUT2D eigenvalue weighted by molar-refractivity contribution is 5.97. The molecular formula is C24H30O5. The first-order valence-electron chi connectivity index (χ1n) is 10.5. The molecule has 0 aromatic rings. The van der Waals surface area contributed by atoms with Crippen molar-refractivity contribution in [3.05, 3.63) is 36.0 Å². The van der Waals surface area contributed by atoms with Crippen LogP contribution in [0.3, 0.4) is 0 Å². The van der Waals surface area contributed by atoms with E-state index in [1.54, 1.807) is 0 Å². The van der Waals surface area contributed by atoms with Gasteiger partial charge in [0, 0.05) is 28.7 Å². The standard InChI is InChI=1S/C24H30O5/c1-13-19(26)11-15-5-6-16-17-8-10-24(14(2)25,12-20(27)28)22(17,3)9-7-18(16)23(15,4)21(13)29/h5-6,8,15-16,18,21,29H,1,7,9-12H2,2-4H3,(H,27,28)/t15?,16-,18-,21?,22-,23-,24+/m0/s1. The van der Waals surface area contributed by atoms with Gasteiger partial charge in [0.25, 0.3) is 0 Å². The first kappa shape index (κ1) is 20.3. The Morgan fingerprint density at radius 2 is 1.97 bits per heavy atom. The number of ketones is 2. The first-order valence-corrected chi connectivity index (χ1v) is 10.5. The molecule has 2 unspecified atom stereocenters. The third-order valence-corrected chi connectivity index (χ3v) is 9.07. The highest BCUT2D eigenvalue weighted by Crippen LogP contribution is 2.68. The van der Waals surface area contributed by atoms with Crippen molar-refractivity contribution in [1.29, 1.82) is 0 Å². The minimum Gasteiger partial charge on any atom is -0.481 e. The molecule has 0 heterocycles. The molecule has 2 saturated carbocycles. The second-order valence-electron chi connectivity index (χ2n) is 9.99. The van der Waals surface area contributed by atoms with Crippen LogP contribution in [0.4, 0.5) is 0 Å². The molecule has 0 aromatic heterocycles. The van der Waals surface area contributed by atoms with Crippen molar-refractivity contribution in [2.75, 3.05) is 0 Å². The molecule has 156 valence electrons. The van der Waals surface area contributed by atoms with Crippen LogP contribution in [-0.2, 0) is 14.4 Å². The summed E-state index contributed by atoms with van der Waals surface area (Å²) in [4.78, 5) is 36.7. The number of aliphatic hydroxyl groups is 1. The predicted molar refractivity (Wildman–Crippen MR) is 108 cm³/mol. The van der Waals surface area contributed by atoms with Crippen LogP contribution in [0.25, 0.3) is 0 Å². The maximum Gasteiger partial charge on any atom is 0.304 e. The van der Waals surface area contributed by atoms with Crippen molar-refractivity contribution in [3.63, 3.8) is 0 Å². The molecule has 0 aromatic carbocycles. The lowest BCUT2D eigenvalue weighted by Crippen LogP contribution is -2.57. The van der Waals surface area contributed by atoms with Crippen molar-refractivity contribution >= 4 is 17.5 Å². The van der Waals surface area contributed by atoms with E-state index in [2.05, 4.69) is 38.7 Å². The largest absolute Gasteiger partial charge is 0.481 e. The van der Waals surface area contributed by atoms with Crippen LogP contribution in [0.2, 0.25) is 0 Å². The summed E-state index contributed by atoms with van der Waals surface area (Å²) in [5, 5.41) is 20.6.